The van der Waals surface area contributed by atoms with Crippen molar-refractivity contribution in [3.05, 3.63) is 82.7 Å². The van der Waals surface area contributed by atoms with E-state index in [4.69, 9.17) is 14.5 Å². The second-order valence-electron chi connectivity index (χ2n) is 18.1. The number of aryl methyl sites for hydroxylation is 1. The van der Waals surface area contributed by atoms with Crippen LogP contribution in [0.2, 0.25) is 0 Å². The Hall–Kier alpha value is -5.15. The van der Waals surface area contributed by atoms with E-state index in [0.717, 1.165) is 94.9 Å². The zero-order chi connectivity index (χ0) is 45.2. The molecule has 3 aromatic carbocycles. The molecule has 17 heteroatoms. The molecule has 2 aromatic heterocycles. The molecular formula is C48H58BrN10O5P. The van der Waals surface area contributed by atoms with E-state index in [1.807, 2.05) is 36.4 Å². The fourth-order valence-electron chi connectivity index (χ4n) is 9.97. The molecule has 15 nitrogen and oxygen atoms in total. The average molecular weight is 966 g/mol. The summed E-state index contributed by atoms with van der Waals surface area (Å²) in [7, 11) is -1.07. The van der Waals surface area contributed by atoms with Crippen molar-refractivity contribution < 1.29 is 23.6 Å². The third-order valence-electron chi connectivity index (χ3n) is 13.4. The molecule has 0 radical (unpaired) electrons. The number of hydrogen-bond acceptors (Lipinski definition) is 14. The molecule has 3 aliphatic heterocycles. The fraction of sp³-hybridized carbons (Fsp3) is 0.458. The van der Waals surface area contributed by atoms with E-state index in [1.54, 1.807) is 39.0 Å². The summed E-state index contributed by atoms with van der Waals surface area (Å²) in [5, 5.41) is 9.89. The maximum absolute atomic E-state index is 13.5. The summed E-state index contributed by atoms with van der Waals surface area (Å²) in [6.07, 6.45) is 11.3. The van der Waals surface area contributed by atoms with Gasteiger partial charge in [-0.15, -0.1) is 0 Å². The van der Waals surface area contributed by atoms with Crippen molar-refractivity contribution >= 4 is 80.1 Å². The summed E-state index contributed by atoms with van der Waals surface area (Å²) in [4.78, 5) is 50.2. The van der Waals surface area contributed by atoms with Crippen LogP contribution >= 0.6 is 23.1 Å². The van der Waals surface area contributed by atoms with Gasteiger partial charge in [0.25, 0.3) is 0 Å². The van der Waals surface area contributed by atoms with Crippen LogP contribution in [0.3, 0.4) is 0 Å². The Kier molecular flexibility index (Phi) is 13.4. The van der Waals surface area contributed by atoms with Gasteiger partial charge in [0.05, 0.1) is 45.8 Å². The Morgan fingerprint density at radius 1 is 0.908 bits per heavy atom. The van der Waals surface area contributed by atoms with Crippen molar-refractivity contribution in [2.75, 3.05) is 81.8 Å². The highest BCUT2D eigenvalue weighted by molar-refractivity contribution is 9.10. The number of nitrogens with one attached hydrogen (secondary N) is 3. The van der Waals surface area contributed by atoms with Gasteiger partial charge in [0.1, 0.15) is 30.0 Å². The fourth-order valence-corrected chi connectivity index (χ4v) is 11.6. The van der Waals surface area contributed by atoms with Crippen molar-refractivity contribution in [2.24, 2.45) is 5.92 Å². The first-order chi connectivity index (χ1) is 31.4. The molecule has 342 valence electrons. The van der Waals surface area contributed by atoms with Crippen molar-refractivity contribution in [3.63, 3.8) is 0 Å². The number of carbonyl (C=O) groups excluding carboxylic acids is 2. The Morgan fingerprint density at radius 2 is 1.69 bits per heavy atom. The van der Waals surface area contributed by atoms with Gasteiger partial charge in [0, 0.05) is 88.6 Å². The first-order valence-corrected chi connectivity index (χ1v) is 26.2. The van der Waals surface area contributed by atoms with Crippen LogP contribution in [-0.2, 0) is 20.6 Å². The Labute approximate surface area is 389 Å². The number of anilines is 5. The average Bonchev–Trinajstić information content (AvgIpc) is 3.29. The van der Waals surface area contributed by atoms with E-state index < -0.39 is 7.14 Å². The van der Waals surface area contributed by atoms with Crippen LogP contribution in [-0.4, -0.2) is 120 Å². The summed E-state index contributed by atoms with van der Waals surface area (Å²) in [6, 6.07) is 16.5. The highest BCUT2D eigenvalue weighted by Crippen LogP contribution is 2.42. The van der Waals surface area contributed by atoms with Gasteiger partial charge in [-0.1, -0.05) is 19.1 Å². The largest absolute Gasteiger partial charge is 0.494 e. The standard InChI is InChI=1S/C48H58BrN10O5P/c1-5-31-26-40(54-48-52-28-37(49)46(56-48)53-39-11-10-38-44(51-16-15-50-38)45(39)65(3,4)62)42(63-2)27-41(31)59-17-13-33(14-18-59)58-21-19-57(20-22-58)29-30-23-35(24-30)64-34-8-6-7-32(25-34)36-9-12-43(60)55-47(36)61/h6-8,10-11,15-16,25-28,30,33,35-36H,5,9,12-14,17-24,29H2,1-4H3,(H,55,60,61)(H2,52,53,54,56)/t30-,35-,36?. The number of piperazine rings is 1. The summed E-state index contributed by atoms with van der Waals surface area (Å²) >= 11 is 3.61. The number of ether oxygens (including phenoxy) is 2. The molecule has 5 heterocycles. The molecule has 5 aromatic rings. The minimum Gasteiger partial charge on any atom is -0.494 e. The Morgan fingerprint density at radius 3 is 2.43 bits per heavy atom. The normalized spacial score (nSPS) is 21.2. The summed E-state index contributed by atoms with van der Waals surface area (Å²) in [5.74, 6) is 2.36. The molecule has 1 saturated carbocycles. The van der Waals surface area contributed by atoms with Crippen LogP contribution in [0.5, 0.6) is 11.5 Å². The van der Waals surface area contributed by atoms with Crippen molar-refractivity contribution in [1.82, 2.24) is 35.1 Å². The zero-order valence-electron chi connectivity index (χ0n) is 37.6. The predicted octanol–water partition coefficient (Wildman–Crippen LogP) is 7.45. The lowest BCUT2D eigenvalue weighted by molar-refractivity contribution is -0.134. The summed E-state index contributed by atoms with van der Waals surface area (Å²) < 4.78 is 26.5. The lowest BCUT2D eigenvalue weighted by atomic mass is 9.81. The first kappa shape index (κ1) is 45.0. The Bertz CT molecular complexity index is 2610. The van der Waals surface area contributed by atoms with Crippen LogP contribution in [0.25, 0.3) is 11.0 Å². The lowest BCUT2D eigenvalue weighted by Gasteiger charge is -2.45. The lowest BCUT2D eigenvalue weighted by Crippen LogP contribution is -2.54. The second-order valence-corrected chi connectivity index (χ2v) is 22.1. The molecule has 1 unspecified atom stereocenters. The molecule has 1 aliphatic carbocycles. The molecule has 1 atom stereocenters. The number of imide groups is 1. The first-order valence-electron chi connectivity index (χ1n) is 22.8. The molecule has 3 saturated heterocycles. The third-order valence-corrected chi connectivity index (χ3v) is 15.5. The number of fused-ring (bicyclic) bond motifs is 1. The molecule has 0 bridgehead atoms. The number of aromatic nitrogens is 4. The van der Waals surface area contributed by atoms with Gasteiger partial charge >= 0.3 is 0 Å². The molecule has 65 heavy (non-hydrogen) atoms. The molecule has 2 amide bonds. The van der Waals surface area contributed by atoms with E-state index in [-0.39, 0.29) is 23.8 Å². The van der Waals surface area contributed by atoms with Gasteiger partial charge in [-0.05, 0) is 115 Å². The predicted molar refractivity (Wildman–Crippen MR) is 259 cm³/mol. The molecule has 4 fully saturated rings. The number of piperidine rings is 2. The van der Waals surface area contributed by atoms with Crippen LogP contribution < -0.4 is 35.6 Å². The number of rotatable bonds is 14. The van der Waals surface area contributed by atoms with E-state index in [9.17, 15) is 14.2 Å². The molecule has 3 N–H and O–H groups in total. The minimum absolute atomic E-state index is 0.194. The van der Waals surface area contributed by atoms with Crippen LogP contribution in [0, 0.1) is 5.92 Å². The Balaban J connectivity index is 0.763. The number of amides is 2. The van der Waals surface area contributed by atoms with Gasteiger partial charge in [-0.25, -0.2) is 4.98 Å². The smallest absolute Gasteiger partial charge is 0.234 e. The highest BCUT2D eigenvalue weighted by Gasteiger charge is 2.35. The molecule has 0 spiro atoms. The van der Waals surface area contributed by atoms with Crippen LogP contribution in [0.4, 0.5) is 28.8 Å². The SMILES string of the molecule is CCc1cc(Nc2ncc(Br)c(Nc3ccc4nccnc4c3P(C)(C)=O)n2)c(OC)cc1N1CCC(N2CCN(C[C@H]3C[C@H](Oc4cccc(C5CCC(=O)NC5=O)c4)C3)CC2)CC1. The summed E-state index contributed by atoms with van der Waals surface area (Å²) in [5.41, 5.74) is 6.06. The van der Waals surface area contributed by atoms with Gasteiger partial charge < -0.3 is 34.5 Å². The quantitative estimate of drug-likeness (QED) is 0.0742. The van der Waals surface area contributed by atoms with E-state index in [2.05, 4.69) is 80.6 Å². The molecule has 9 rings (SSSR count). The van der Waals surface area contributed by atoms with Gasteiger partial charge in [0.15, 0.2) is 0 Å². The number of halogens is 1. The number of methoxy groups -OCH3 is 1. The monoisotopic (exact) mass is 964 g/mol. The van der Waals surface area contributed by atoms with Crippen molar-refractivity contribution in [1.29, 1.82) is 0 Å². The third kappa shape index (κ3) is 10.2. The van der Waals surface area contributed by atoms with E-state index >= 15 is 0 Å². The number of benzene rings is 3. The van der Waals surface area contributed by atoms with Gasteiger partial charge in [-0.3, -0.25) is 29.8 Å². The van der Waals surface area contributed by atoms with Crippen LogP contribution in [0.1, 0.15) is 62.5 Å². The second kappa shape index (κ2) is 19.4. The minimum atomic E-state index is -2.77. The molecule has 4 aliphatic rings. The van der Waals surface area contributed by atoms with Gasteiger partial charge in [-0.2, -0.15) is 4.98 Å². The maximum atomic E-state index is 13.5. The maximum Gasteiger partial charge on any atom is 0.234 e. The van der Waals surface area contributed by atoms with E-state index in [0.29, 0.717) is 68.8 Å². The number of nitrogens with zero attached hydrogens (tertiary/aromatic N) is 7. The van der Waals surface area contributed by atoms with Crippen molar-refractivity contribution in [2.45, 2.75) is 69.9 Å². The molecular weight excluding hydrogens is 907 g/mol. The van der Waals surface area contributed by atoms with Crippen molar-refractivity contribution in [3.8, 4) is 11.5 Å². The summed E-state index contributed by atoms with van der Waals surface area (Å²) in [6.45, 7) is 13.1. The van der Waals surface area contributed by atoms with E-state index in [1.165, 1.54) is 11.3 Å². The van der Waals surface area contributed by atoms with Gasteiger partial charge in [0.2, 0.25) is 17.8 Å². The van der Waals surface area contributed by atoms with Crippen LogP contribution in [0.15, 0.2) is 71.6 Å². The number of carbonyl (C=O) groups is 2. The highest BCUT2D eigenvalue weighted by atomic mass is 79.9. The zero-order valence-corrected chi connectivity index (χ0v) is 40.0. The number of hydrogen-bond donors (Lipinski definition) is 3. The topological polar surface area (TPSA) is 167 Å².